The van der Waals surface area contributed by atoms with Crippen molar-refractivity contribution in [1.29, 1.82) is 0 Å². The predicted octanol–water partition coefficient (Wildman–Crippen LogP) is 1.58. The van der Waals surface area contributed by atoms with E-state index in [1.54, 1.807) is 31.5 Å². The molecule has 0 aliphatic heterocycles. The van der Waals surface area contributed by atoms with Crippen LogP contribution in [0.4, 0.5) is 5.82 Å². The molecule has 0 radical (unpaired) electrons. The molecule has 3 heterocycles. The molecule has 0 spiro atoms. The number of sulfonamides is 1. The molecule has 3 rings (SSSR count). The highest BCUT2D eigenvalue weighted by atomic mass is 32.2. The Balaban J connectivity index is 1.66. The van der Waals surface area contributed by atoms with Gasteiger partial charge in [-0.2, -0.15) is 5.10 Å². The van der Waals surface area contributed by atoms with Crippen LogP contribution in [0.1, 0.15) is 28.7 Å². The van der Waals surface area contributed by atoms with E-state index in [1.165, 1.54) is 0 Å². The van der Waals surface area contributed by atoms with Gasteiger partial charge in [0.15, 0.2) is 11.6 Å². The van der Waals surface area contributed by atoms with Gasteiger partial charge in [-0.1, -0.05) is 5.16 Å². The molecule has 0 fully saturated rings. The largest absolute Gasteiger partial charge is 0.369 e. The fourth-order valence-corrected chi connectivity index (χ4v) is 4.28. The zero-order valence-electron chi connectivity index (χ0n) is 16.4. The van der Waals surface area contributed by atoms with Gasteiger partial charge in [-0.25, -0.2) is 27.8 Å². The van der Waals surface area contributed by atoms with Crippen LogP contribution in [-0.2, 0) is 10.0 Å². The van der Waals surface area contributed by atoms with Crippen LogP contribution in [-0.4, -0.2) is 46.4 Å². The Morgan fingerprint density at radius 1 is 1.07 bits per heavy atom. The molecule has 0 unspecified atom stereocenters. The van der Waals surface area contributed by atoms with Crippen LogP contribution < -0.4 is 10.0 Å². The first-order chi connectivity index (χ1) is 13.2. The Morgan fingerprint density at radius 3 is 2.43 bits per heavy atom. The summed E-state index contributed by atoms with van der Waals surface area (Å²) in [5, 5.41) is 11.2. The molecule has 0 bridgehead atoms. The van der Waals surface area contributed by atoms with Crippen LogP contribution in [0.5, 0.6) is 0 Å². The van der Waals surface area contributed by atoms with Gasteiger partial charge >= 0.3 is 0 Å². The van der Waals surface area contributed by atoms with Crippen molar-refractivity contribution in [2.24, 2.45) is 0 Å². The third-order valence-electron chi connectivity index (χ3n) is 4.01. The van der Waals surface area contributed by atoms with E-state index in [4.69, 9.17) is 4.52 Å². The second kappa shape index (κ2) is 7.68. The van der Waals surface area contributed by atoms with E-state index >= 15 is 0 Å². The topological polar surface area (TPSA) is 128 Å². The summed E-state index contributed by atoms with van der Waals surface area (Å²) in [6.45, 7) is 9.33. The molecule has 0 amide bonds. The third kappa shape index (κ3) is 4.20. The summed E-state index contributed by atoms with van der Waals surface area (Å²) in [5.41, 5.74) is 2.20. The SMILES string of the molecule is Cc1cc(C)n(-c2cc(NCCNS(=O)(=O)c3c(C)noc3C)nc(C)n2)n1. The zero-order valence-corrected chi connectivity index (χ0v) is 17.3. The molecule has 28 heavy (non-hydrogen) atoms. The van der Waals surface area contributed by atoms with Crippen LogP contribution in [0.2, 0.25) is 0 Å². The van der Waals surface area contributed by atoms with Crippen molar-refractivity contribution in [1.82, 2.24) is 29.6 Å². The summed E-state index contributed by atoms with van der Waals surface area (Å²) in [6.07, 6.45) is 0. The highest BCUT2D eigenvalue weighted by molar-refractivity contribution is 7.89. The zero-order chi connectivity index (χ0) is 20.5. The molecule has 10 nitrogen and oxygen atoms in total. The highest BCUT2D eigenvalue weighted by Crippen LogP contribution is 2.18. The van der Waals surface area contributed by atoms with Gasteiger partial charge in [0.25, 0.3) is 0 Å². The molecule has 3 aromatic rings. The summed E-state index contributed by atoms with van der Waals surface area (Å²) in [7, 11) is -3.69. The standard InChI is InChI=1S/C17H23N7O3S/c1-10-8-11(2)24(22-10)16-9-15(20-14(5)21-16)18-6-7-19-28(25,26)17-12(3)23-27-13(17)4/h8-9,19H,6-7H2,1-5H3,(H,18,20,21). The quantitative estimate of drug-likeness (QED) is 0.567. The molecule has 0 atom stereocenters. The van der Waals surface area contributed by atoms with Crippen LogP contribution in [0.25, 0.3) is 5.82 Å². The summed E-state index contributed by atoms with van der Waals surface area (Å²) in [6, 6.07) is 3.74. The van der Waals surface area contributed by atoms with Gasteiger partial charge in [-0.15, -0.1) is 0 Å². The number of anilines is 1. The van der Waals surface area contributed by atoms with Gasteiger partial charge in [0.2, 0.25) is 10.0 Å². The lowest BCUT2D eigenvalue weighted by molar-refractivity contribution is 0.390. The van der Waals surface area contributed by atoms with Gasteiger partial charge in [-0.05, 0) is 40.7 Å². The molecule has 0 aliphatic rings. The van der Waals surface area contributed by atoms with E-state index in [9.17, 15) is 8.42 Å². The number of rotatable bonds is 7. The number of nitrogens with zero attached hydrogens (tertiary/aromatic N) is 5. The fraction of sp³-hybridized carbons (Fsp3) is 0.412. The molecular formula is C17H23N7O3S. The smallest absolute Gasteiger partial charge is 0.246 e. The third-order valence-corrected chi connectivity index (χ3v) is 5.72. The van der Waals surface area contributed by atoms with Crippen LogP contribution >= 0.6 is 0 Å². The molecule has 3 aromatic heterocycles. The molecule has 0 saturated carbocycles. The molecule has 0 aliphatic carbocycles. The monoisotopic (exact) mass is 405 g/mol. The van der Waals surface area contributed by atoms with Crippen molar-refractivity contribution in [3.05, 3.63) is 40.8 Å². The number of aryl methyl sites for hydroxylation is 5. The van der Waals surface area contributed by atoms with Crippen molar-refractivity contribution >= 4 is 15.8 Å². The minimum absolute atomic E-state index is 0.0807. The Hall–Kier alpha value is -2.79. The maximum Gasteiger partial charge on any atom is 0.246 e. The first-order valence-corrected chi connectivity index (χ1v) is 10.2. The van der Waals surface area contributed by atoms with Gasteiger partial charge < -0.3 is 9.84 Å². The Bertz CT molecular complexity index is 1080. The number of hydrogen-bond acceptors (Lipinski definition) is 8. The number of nitrogens with one attached hydrogen (secondary N) is 2. The van der Waals surface area contributed by atoms with Crippen molar-refractivity contribution in [2.75, 3.05) is 18.4 Å². The Labute approximate surface area is 163 Å². The fourth-order valence-electron chi connectivity index (χ4n) is 2.92. The second-order valence-corrected chi connectivity index (χ2v) is 8.18. The lowest BCUT2D eigenvalue weighted by Crippen LogP contribution is -2.29. The molecule has 2 N–H and O–H groups in total. The molecule has 11 heteroatoms. The minimum atomic E-state index is -3.69. The molecular weight excluding hydrogens is 382 g/mol. The maximum absolute atomic E-state index is 12.4. The summed E-state index contributed by atoms with van der Waals surface area (Å²) < 4.78 is 34.0. The van der Waals surface area contributed by atoms with Crippen molar-refractivity contribution in [3.8, 4) is 5.82 Å². The Morgan fingerprint density at radius 2 is 1.82 bits per heavy atom. The second-order valence-electron chi connectivity index (χ2n) is 6.48. The highest BCUT2D eigenvalue weighted by Gasteiger charge is 2.23. The maximum atomic E-state index is 12.4. The molecule has 0 saturated heterocycles. The van der Waals surface area contributed by atoms with Crippen molar-refractivity contribution in [2.45, 2.75) is 39.5 Å². The first-order valence-electron chi connectivity index (χ1n) is 8.73. The van der Waals surface area contributed by atoms with E-state index in [1.807, 2.05) is 19.9 Å². The molecule has 150 valence electrons. The van der Waals surface area contributed by atoms with Gasteiger partial charge in [0.1, 0.15) is 22.2 Å². The van der Waals surface area contributed by atoms with E-state index in [0.29, 0.717) is 29.7 Å². The van der Waals surface area contributed by atoms with Crippen LogP contribution in [0.3, 0.4) is 0 Å². The van der Waals surface area contributed by atoms with Crippen molar-refractivity contribution in [3.63, 3.8) is 0 Å². The first kappa shape index (κ1) is 20.0. The lowest BCUT2D eigenvalue weighted by atomic mass is 10.4. The minimum Gasteiger partial charge on any atom is -0.369 e. The lowest BCUT2D eigenvalue weighted by Gasteiger charge is -2.10. The van der Waals surface area contributed by atoms with Gasteiger partial charge in [-0.3, -0.25) is 0 Å². The van der Waals surface area contributed by atoms with Gasteiger partial charge in [0.05, 0.1) is 5.69 Å². The normalized spacial score (nSPS) is 11.8. The van der Waals surface area contributed by atoms with E-state index in [-0.39, 0.29) is 17.2 Å². The summed E-state index contributed by atoms with van der Waals surface area (Å²) in [5.74, 6) is 2.09. The van der Waals surface area contributed by atoms with E-state index in [2.05, 4.69) is 30.3 Å². The summed E-state index contributed by atoms with van der Waals surface area (Å²) >= 11 is 0. The van der Waals surface area contributed by atoms with Crippen molar-refractivity contribution < 1.29 is 12.9 Å². The van der Waals surface area contributed by atoms with Crippen LogP contribution in [0, 0.1) is 34.6 Å². The molecule has 0 aromatic carbocycles. The predicted molar refractivity (Wildman–Crippen MR) is 103 cm³/mol. The van der Waals surface area contributed by atoms with Gasteiger partial charge in [0, 0.05) is 24.8 Å². The number of aromatic nitrogens is 5. The Kier molecular flexibility index (Phi) is 5.47. The van der Waals surface area contributed by atoms with Crippen LogP contribution in [0.15, 0.2) is 21.6 Å². The average Bonchev–Trinajstić information content (AvgIpc) is 3.12. The van der Waals surface area contributed by atoms with E-state index in [0.717, 1.165) is 11.4 Å². The summed E-state index contributed by atoms with van der Waals surface area (Å²) in [4.78, 5) is 8.84. The van der Waals surface area contributed by atoms with E-state index < -0.39 is 10.0 Å². The average molecular weight is 405 g/mol. The number of hydrogen-bond donors (Lipinski definition) is 2.